The van der Waals surface area contributed by atoms with Gasteiger partial charge < -0.3 is 9.84 Å². The summed E-state index contributed by atoms with van der Waals surface area (Å²) >= 11 is 2.28. The molecule has 1 N–H and O–H groups in total. The second-order valence-corrected chi connectivity index (χ2v) is 8.23. The van der Waals surface area contributed by atoms with E-state index in [0.29, 0.717) is 11.4 Å². The predicted molar refractivity (Wildman–Crippen MR) is 124 cm³/mol. The van der Waals surface area contributed by atoms with Crippen molar-refractivity contribution in [3.8, 4) is 16.9 Å². The van der Waals surface area contributed by atoms with Crippen molar-refractivity contribution in [3.05, 3.63) is 74.6 Å². The maximum absolute atomic E-state index is 12.1. The van der Waals surface area contributed by atoms with Crippen LogP contribution >= 0.6 is 22.6 Å². The Morgan fingerprint density at radius 1 is 1.14 bits per heavy atom. The zero-order valence-electron chi connectivity index (χ0n) is 16.9. The summed E-state index contributed by atoms with van der Waals surface area (Å²) < 4.78 is 6.59. The van der Waals surface area contributed by atoms with E-state index in [-0.39, 0.29) is 6.54 Å². The summed E-state index contributed by atoms with van der Waals surface area (Å²) in [5.41, 5.74) is 6.10. The lowest BCUT2D eigenvalue weighted by molar-refractivity contribution is 0.201. The van der Waals surface area contributed by atoms with E-state index in [1.54, 1.807) is 13.3 Å². The molecule has 150 valence electrons. The van der Waals surface area contributed by atoms with E-state index in [1.165, 1.54) is 4.90 Å². The van der Waals surface area contributed by atoms with E-state index in [1.807, 2.05) is 51.1 Å². The van der Waals surface area contributed by atoms with Crippen LogP contribution in [0.1, 0.15) is 22.4 Å². The van der Waals surface area contributed by atoms with Gasteiger partial charge in [-0.25, -0.2) is 4.79 Å². The van der Waals surface area contributed by atoms with Crippen molar-refractivity contribution in [2.24, 2.45) is 0 Å². The van der Waals surface area contributed by atoms with Crippen LogP contribution in [0.3, 0.4) is 0 Å². The third-order valence-corrected chi connectivity index (χ3v) is 5.49. The van der Waals surface area contributed by atoms with Crippen LogP contribution in [0.5, 0.6) is 5.75 Å². The zero-order valence-corrected chi connectivity index (χ0v) is 19.0. The van der Waals surface area contributed by atoms with Crippen molar-refractivity contribution in [1.29, 1.82) is 0 Å². The SMILES string of the molecule is COc1c(C)cnc(CN(C(=O)O)c2cc(C)cc(-c3cccc(I)c3)c2)c1C. The normalized spacial score (nSPS) is 10.7. The quantitative estimate of drug-likeness (QED) is 0.437. The van der Waals surface area contributed by atoms with Crippen LogP contribution in [0.4, 0.5) is 10.5 Å². The predicted octanol–water partition coefficient (Wildman–Crippen LogP) is 5.97. The molecule has 0 atom stereocenters. The number of halogens is 1. The van der Waals surface area contributed by atoms with Crippen LogP contribution < -0.4 is 9.64 Å². The number of aromatic nitrogens is 1. The van der Waals surface area contributed by atoms with Crippen LogP contribution in [0.2, 0.25) is 0 Å². The maximum Gasteiger partial charge on any atom is 0.412 e. The molecule has 3 aromatic rings. The second kappa shape index (κ2) is 8.82. The smallest absolute Gasteiger partial charge is 0.412 e. The van der Waals surface area contributed by atoms with E-state index in [9.17, 15) is 9.90 Å². The highest BCUT2D eigenvalue weighted by Crippen LogP contribution is 2.30. The van der Waals surface area contributed by atoms with E-state index in [4.69, 9.17) is 4.74 Å². The van der Waals surface area contributed by atoms with Gasteiger partial charge in [0.25, 0.3) is 0 Å². The number of nitrogens with zero attached hydrogens (tertiary/aromatic N) is 2. The van der Waals surface area contributed by atoms with Crippen molar-refractivity contribution in [1.82, 2.24) is 4.98 Å². The minimum Gasteiger partial charge on any atom is -0.496 e. The summed E-state index contributed by atoms with van der Waals surface area (Å²) in [4.78, 5) is 17.9. The molecule has 3 rings (SSSR count). The van der Waals surface area contributed by atoms with E-state index in [0.717, 1.165) is 37.1 Å². The number of rotatable bonds is 5. The molecule has 1 amide bonds. The molecular weight excluding hydrogens is 479 g/mol. The molecule has 0 aliphatic rings. The lowest BCUT2D eigenvalue weighted by Crippen LogP contribution is -2.29. The molecule has 5 nitrogen and oxygen atoms in total. The number of hydrogen-bond acceptors (Lipinski definition) is 3. The summed E-state index contributed by atoms with van der Waals surface area (Å²) in [5, 5.41) is 9.92. The van der Waals surface area contributed by atoms with E-state index >= 15 is 0 Å². The van der Waals surface area contributed by atoms with Crippen LogP contribution in [0.15, 0.2) is 48.7 Å². The van der Waals surface area contributed by atoms with Crippen molar-refractivity contribution in [3.63, 3.8) is 0 Å². The van der Waals surface area contributed by atoms with Crippen LogP contribution in [0.25, 0.3) is 11.1 Å². The Hall–Kier alpha value is -2.61. The fourth-order valence-electron chi connectivity index (χ4n) is 3.40. The first kappa shape index (κ1) is 21.1. The van der Waals surface area contributed by atoms with Crippen LogP contribution in [-0.2, 0) is 6.54 Å². The summed E-state index contributed by atoms with van der Waals surface area (Å²) in [5.74, 6) is 0.740. The minimum atomic E-state index is -1.02. The van der Waals surface area contributed by atoms with Crippen molar-refractivity contribution in [2.45, 2.75) is 27.3 Å². The van der Waals surface area contributed by atoms with Crippen LogP contribution in [0, 0.1) is 24.3 Å². The molecule has 1 aromatic heterocycles. The number of amides is 1. The highest BCUT2D eigenvalue weighted by atomic mass is 127. The van der Waals surface area contributed by atoms with Gasteiger partial charge in [-0.15, -0.1) is 0 Å². The molecule has 1 heterocycles. The first-order chi connectivity index (χ1) is 13.8. The molecule has 0 spiro atoms. The molecule has 29 heavy (non-hydrogen) atoms. The largest absolute Gasteiger partial charge is 0.496 e. The number of hydrogen-bond donors (Lipinski definition) is 1. The number of aryl methyl sites for hydroxylation is 2. The number of carbonyl (C=O) groups is 1. The molecule has 6 heteroatoms. The first-order valence-electron chi connectivity index (χ1n) is 9.17. The lowest BCUT2D eigenvalue weighted by Gasteiger charge is -2.22. The fraction of sp³-hybridized carbons (Fsp3) is 0.217. The van der Waals surface area contributed by atoms with Crippen molar-refractivity contribution in [2.75, 3.05) is 12.0 Å². The number of pyridine rings is 1. The van der Waals surface area contributed by atoms with Crippen LogP contribution in [-0.4, -0.2) is 23.3 Å². The number of benzene rings is 2. The standard InChI is InChI=1S/C23H23IN2O3/c1-14-8-18(17-6-5-7-19(24)10-17)11-20(9-14)26(23(27)28)13-21-16(3)22(29-4)15(2)12-25-21/h5-12H,13H2,1-4H3,(H,27,28). The van der Waals surface area contributed by atoms with Gasteiger partial charge in [0.05, 0.1) is 19.3 Å². The summed E-state index contributed by atoms with van der Waals surface area (Å²) in [6.07, 6.45) is 0.694. The summed E-state index contributed by atoms with van der Waals surface area (Å²) in [6.45, 7) is 5.94. The Bertz CT molecular complexity index is 1070. The number of anilines is 1. The molecule has 0 aliphatic carbocycles. The highest BCUT2D eigenvalue weighted by Gasteiger charge is 2.20. The molecule has 0 aliphatic heterocycles. The highest BCUT2D eigenvalue weighted by molar-refractivity contribution is 14.1. The van der Waals surface area contributed by atoms with Gasteiger partial charge in [-0.1, -0.05) is 18.2 Å². The van der Waals surface area contributed by atoms with Crippen molar-refractivity contribution >= 4 is 34.4 Å². The molecule has 0 unspecified atom stereocenters. The Morgan fingerprint density at radius 2 is 1.90 bits per heavy atom. The number of methoxy groups -OCH3 is 1. The van der Waals surface area contributed by atoms with E-state index in [2.05, 4.69) is 39.7 Å². The van der Waals surface area contributed by atoms with E-state index < -0.39 is 6.09 Å². The molecule has 0 saturated carbocycles. The Kier molecular flexibility index (Phi) is 6.42. The van der Waals surface area contributed by atoms with Gasteiger partial charge in [0.15, 0.2) is 0 Å². The molecule has 0 fully saturated rings. The second-order valence-electron chi connectivity index (χ2n) is 6.98. The molecule has 2 aromatic carbocycles. The van der Waals surface area contributed by atoms with Gasteiger partial charge in [-0.05, 0) is 84.3 Å². The van der Waals surface area contributed by atoms with Gasteiger partial charge in [0.2, 0.25) is 0 Å². The lowest BCUT2D eigenvalue weighted by atomic mass is 10.0. The topological polar surface area (TPSA) is 62.7 Å². The summed E-state index contributed by atoms with van der Waals surface area (Å²) in [7, 11) is 1.61. The average molecular weight is 502 g/mol. The minimum absolute atomic E-state index is 0.146. The molecular formula is C23H23IN2O3. The van der Waals surface area contributed by atoms with Gasteiger partial charge in [0, 0.05) is 26.6 Å². The molecule has 0 saturated heterocycles. The van der Waals surface area contributed by atoms with Gasteiger partial charge >= 0.3 is 6.09 Å². The zero-order chi connectivity index (χ0) is 21.1. The Labute approximate surface area is 184 Å². The van der Waals surface area contributed by atoms with Crippen molar-refractivity contribution < 1.29 is 14.6 Å². The third kappa shape index (κ3) is 4.70. The Balaban J connectivity index is 2.04. The first-order valence-corrected chi connectivity index (χ1v) is 10.2. The number of carboxylic acid groups (broad SMARTS) is 1. The number of ether oxygens (including phenoxy) is 1. The molecule has 0 bridgehead atoms. The molecule has 0 radical (unpaired) electrons. The Morgan fingerprint density at radius 3 is 2.55 bits per heavy atom. The van der Waals surface area contributed by atoms with Gasteiger partial charge in [0.1, 0.15) is 5.75 Å². The maximum atomic E-state index is 12.1. The summed E-state index contributed by atoms with van der Waals surface area (Å²) in [6, 6.07) is 14.0. The third-order valence-electron chi connectivity index (χ3n) is 4.82. The monoisotopic (exact) mass is 502 g/mol. The average Bonchev–Trinajstić information content (AvgIpc) is 2.67. The van der Waals surface area contributed by atoms with Gasteiger partial charge in [-0.3, -0.25) is 9.88 Å². The fourth-order valence-corrected chi connectivity index (χ4v) is 3.95. The van der Waals surface area contributed by atoms with Gasteiger partial charge in [-0.2, -0.15) is 0 Å².